The Balaban J connectivity index is 1.65. The molecule has 1 fully saturated rings. The van der Waals surface area contributed by atoms with Crippen molar-refractivity contribution in [1.82, 2.24) is 9.91 Å². The maximum atomic E-state index is 12.8. The number of guanidine groups is 1. The lowest BCUT2D eigenvalue weighted by molar-refractivity contribution is -0.138. The Morgan fingerprint density at radius 1 is 1.26 bits per heavy atom. The van der Waals surface area contributed by atoms with Crippen LogP contribution in [0.4, 0.5) is 0 Å². The smallest absolute Gasteiger partial charge is 0.246 e. The van der Waals surface area contributed by atoms with Gasteiger partial charge in [-0.1, -0.05) is 30.3 Å². The molecule has 1 saturated heterocycles. The van der Waals surface area contributed by atoms with Crippen LogP contribution in [0.5, 0.6) is 0 Å². The molecule has 120 valence electrons. The Morgan fingerprint density at radius 3 is 2.61 bits per heavy atom. The quantitative estimate of drug-likeness (QED) is 0.672. The van der Waals surface area contributed by atoms with Crippen LogP contribution >= 0.6 is 0 Å². The molecule has 0 aliphatic carbocycles. The number of hydrogen-bond donors (Lipinski definition) is 1. The predicted octanol–water partition coefficient (Wildman–Crippen LogP) is 2.29. The number of nitrogens with zero attached hydrogens (tertiary/aromatic N) is 4. The maximum absolute atomic E-state index is 12.8. The molecule has 2 aliphatic heterocycles. The third kappa shape index (κ3) is 3.16. The van der Waals surface area contributed by atoms with Crippen molar-refractivity contribution in [3.8, 4) is 0 Å². The van der Waals surface area contributed by atoms with E-state index in [2.05, 4.69) is 16.8 Å². The number of hydrogen-bond acceptors (Lipinski definition) is 3. The highest BCUT2D eigenvalue weighted by Gasteiger charge is 2.34. The molecule has 0 spiro atoms. The lowest BCUT2D eigenvalue weighted by atomic mass is 9.94. The fourth-order valence-corrected chi connectivity index (χ4v) is 3.20. The summed E-state index contributed by atoms with van der Waals surface area (Å²) in [5, 5.41) is 13.7. The Kier molecular flexibility index (Phi) is 4.50. The van der Waals surface area contributed by atoms with Gasteiger partial charge in [0.25, 0.3) is 0 Å². The molecule has 23 heavy (non-hydrogen) atoms. The Morgan fingerprint density at radius 2 is 1.96 bits per heavy atom. The first-order chi connectivity index (χ1) is 11.2. The van der Waals surface area contributed by atoms with Crippen molar-refractivity contribution in [1.29, 1.82) is 5.41 Å². The molecule has 1 atom stereocenters. The number of carbonyl (C=O) groups excluding carboxylic acids is 1. The van der Waals surface area contributed by atoms with E-state index in [4.69, 9.17) is 5.41 Å². The lowest BCUT2D eigenvalue weighted by Crippen LogP contribution is -2.42. The van der Waals surface area contributed by atoms with Crippen LogP contribution in [0.25, 0.3) is 0 Å². The molecule has 3 rings (SSSR count). The van der Waals surface area contributed by atoms with E-state index >= 15 is 0 Å². The van der Waals surface area contributed by atoms with Gasteiger partial charge in [0.15, 0.2) is 0 Å². The summed E-state index contributed by atoms with van der Waals surface area (Å²) >= 11 is 0. The van der Waals surface area contributed by atoms with Gasteiger partial charge < -0.3 is 4.90 Å². The van der Waals surface area contributed by atoms with Crippen LogP contribution in [0.3, 0.4) is 0 Å². The normalized spacial score (nSPS) is 21.5. The van der Waals surface area contributed by atoms with E-state index in [0.29, 0.717) is 13.1 Å². The fraction of sp³-hybridized carbons (Fsp3) is 0.412. The fourth-order valence-electron chi connectivity index (χ4n) is 3.20. The summed E-state index contributed by atoms with van der Waals surface area (Å²) in [5.74, 6) is 0.243. The van der Waals surface area contributed by atoms with Gasteiger partial charge in [-0.2, -0.15) is 5.10 Å². The van der Waals surface area contributed by atoms with E-state index < -0.39 is 0 Å². The summed E-state index contributed by atoms with van der Waals surface area (Å²) in [6.07, 6.45) is 4.04. The van der Waals surface area contributed by atoms with Gasteiger partial charge in [-0.3, -0.25) is 10.2 Å². The van der Waals surface area contributed by atoms with E-state index in [-0.39, 0.29) is 23.8 Å². The number of rotatable bonds is 2. The average Bonchev–Trinajstić information content (AvgIpc) is 3.11. The summed E-state index contributed by atoms with van der Waals surface area (Å²) < 4.78 is 0. The van der Waals surface area contributed by atoms with Gasteiger partial charge in [0.1, 0.15) is 0 Å². The lowest BCUT2D eigenvalue weighted by Gasteiger charge is -2.33. The first kappa shape index (κ1) is 15.4. The molecule has 0 aromatic heterocycles. The molecular weight excluding hydrogens is 290 g/mol. The van der Waals surface area contributed by atoms with Crippen LogP contribution < -0.4 is 0 Å². The molecule has 0 saturated carbocycles. The van der Waals surface area contributed by atoms with Crippen LogP contribution in [0.15, 0.2) is 40.4 Å². The van der Waals surface area contributed by atoms with Crippen LogP contribution in [0.1, 0.15) is 30.9 Å². The monoisotopic (exact) mass is 311 g/mol. The summed E-state index contributed by atoms with van der Waals surface area (Å²) in [6, 6.07) is 10.0. The zero-order chi connectivity index (χ0) is 16.2. The van der Waals surface area contributed by atoms with Gasteiger partial charge in [0, 0.05) is 31.6 Å². The molecule has 1 aromatic rings. The number of likely N-dealkylation sites (tertiary alicyclic amines) is 1. The van der Waals surface area contributed by atoms with Crippen molar-refractivity contribution in [3.63, 3.8) is 0 Å². The summed E-state index contributed by atoms with van der Waals surface area (Å²) in [4.78, 5) is 18.3. The van der Waals surface area contributed by atoms with Crippen molar-refractivity contribution in [3.05, 3.63) is 35.9 Å². The molecule has 0 radical (unpaired) electrons. The SMILES string of the molecule is C=NC(=N)N1CCC(C(=O)N2N=CCC2c2ccccc2)CC1. The average molecular weight is 311 g/mol. The van der Waals surface area contributed by atoms with E-state index in [1.54, 1.807) is 5.01 Å². The number of amides is 1. The van der Waals surface area contributed by atoms with Crippen molar-refractivity contribution in [2.45, 2.75) is 25.3 Å². The Hall–Kier alpha value is -2.50. The second-order valence-corrected chi connectivity index (χ2v) is 5.89. The van der Waals surface area contributed by atoms with Gasteiger partial charge >= 0.3 is 0 Å². The van der Waals surface area contributed by atoms with Crippen LogP contribution in [0.2, 0.25) is 0 Å². The van der Waals surface area contributed by atoms with Crippen molar-refractivity contribution >= 4 is 24.8 Å². The topological polar surface area (TPSA) is 72.1 Å². The Bertz CT molecular complexity index is 619. The molecule has 1 unspecified atom stereocenters. The second kappa shape index (κ2) is 6.73. The predicted molar refractivity (Wildman–Crippen MR) is 90.7 cm³/mol. The van der Waals surface area contributed by atoms with E-state index in [1.807, 2.05) is 41.4 Å². The van der Waals surface area contributed by atoms with Gasteiger partial charge in [0.2, 0.25) is 11.9 Å². The van der Waals surface area contributed by atoms with E-state index in [1.165, 1.54) is 0 Å². The van der Waals surface area contributed by atoms with Gasteiger partial charge in [-0.05, 0) is 25.1 Å². The minimum absolute atomic E-state index is 0.00914. The van der Waals surface area contributed by atoms with E-state index in [0.717, 1.165) is 24.8 Å². The molecular formula is C17H21N5O. The molecule has 1 amide bonds. The Labute approximate surface area is 136 Å². The summed E-state index contributed by atoms with van der Waals surface area (Å²) in [7, 11) is 0. The third-order valence-electron chi connectivity index (χ3n) is 4.53. The number of aliphatic imine (C=N–C) groups is 1. The molecule has 1 N–H and O–H groups in total. The number of piperidine rings is 1. The second-order valence-electron chi connectivity index (χ2n) is 5.89. The van der Waals surface area contributed by atoms with Crippen LogP contribution in [0, 0.1) is 11.3 Å². The van der Waals surface area contributed by atoms with Crippen molar-refractivity contribution in [2.24, 2.45) is 16.0 Å². The van der Waals surface area contributed by atoms with Crippen molar-refractivity contribution < 1.29 is 4.79 Å². The van der Waals surface area contributed by atoms with E-state index in [9.17, 15) is 4.79 Å². The third-order valence-corrected chi connectivity index (χ3v) is 4.53. The highest BCUT2D eigenvalue weighted by molar-refractivity contribution is 5.83. The number of benzene rings is 1. The molecule has 0 bridgehead atoms. The maximum Gasteiger partial charge on any atom is 0.246 e. The minimum atomic E-state index is -0.0367. The molecule has 2 aliphatic rings. The first-order valence-corrected chi connectivity index (χ1v) is 7.91. The highest BCUT2D eigenvalue weighted by Crippen LogP contribution is 2.31. The van der Waals surface area contributed by atoms with Crippen LogP contribution in [-0.4, -0.2) is 47.8 Å². The first-order valence-electron chi connectivity index (χ1n) is 7.91. The highest BCUT2D eigenvalue weighted by atomic mass is 16.2. The van der Waals surface area contributed by atoms with Gasteiger partial charge in [-0.15, -0.1) is 0 Å². The largest absolute Gasteiger partial charge is 0.341 e. The number of nitrogens with one attached hydrogen (secondary N) is 1. The number of carbonyl (C=O) groups is 1. The molecule has 6 nitrogen and oxygen atoms in total. The molecule has 1 aromatic carbocycles. The standard InChI is InChI=1S/C17H21N5O/c1-19-17(18)21-11-8-14(9-12-21)16(23)22-15(7-10-20-22)13-5-3-2-4-6-13/h2-6,10,14-15,18H,1,7-9,11-12H2. The molecule has 2 heterocycles. The van der Waals surface area contributed by atoms with Crippen LogP contribution in [-0.2, 0) is 4.79 Å². The summed E-state index contributed by atoms with van der Waals surface area (Å²) in [6.45, 7) is 4.72. The minimum Gasteiger partial charge on any atom is -0.341 e. The summed E-state index contributed by atoms with van der Waals surface area (Å²) in [5.41, 5.74) is 1.12. The van der Waals surface area contributed by atoms with Gasteiger partial charge in [0.05, 0.1) is 6.04 Å². The number of hydrazone groups is 1. The van der Waals surface area contributed by atoms with Crippen molar-refractivity contribution in [2.75, 3.05) is 13.1 Å². The van der Waals surface area contributed by atoms with Gasteiger partial charge in [-0.25, -0.2) is 10.0 Å². The molecule has 6 heteroatoms. The zero-order valence-electron chi connectivity index (χ0n) is 13.1. The zero-order valence-corrected chi connectivity index (χ0v) is 13.1.